The standard InChI is InChI=1S/C20H24N2O6S/c1-5-27-20(24)15-6-8-16(9-7-15)21-29(25,26)17-10-11-18(14(2)12-17)28-13-19(23)22(3)4/h6-12,21H,5,13H2,1-4H3. The molecule has 0 aliphatic rings. The Morgan fingerprint density at radius 1 is 1.07 bits per heavy atom. The van der Waals surface area contributed by atoms with Crippen molar-refractivity contribution >= 4 is 27.6 Å². The Morgan fingerprint density at radius 2 is 1.72 bits per heavy atom. The van der Waals surface area contributed by atoms with E-state index in [1.165, 1.54) is 47.4 Å². The van der Waals surface area contributed by atoms with Crippen molar-refractivity contribution in [1.29, 1.82) is 0 Å². The summed E-state index contributed by atoms with van der Waals surface area (Å²) in [6, 6.07) is 10.3. The van der Waals surface area contributed by atoms with Crippen LogP contribution in [-0.2, 0) is 19.6 Å². The van der Waals surface area contributed by atoms with Crippen molar-refractivity contribution in [2.75, 3.05) is 32.0 Å². The van der Waals surface area contributed by atoms with Gasteiger partial charge in [0, 0.05) is 19.8 Å². The van der Waals surface area contributed by atoms with Crippen molar-refractivity contribution in [1.82, 2.24) is 4.90 Å². The summed E-state index contributed by atoms with van der Waals surface area (Å²) in [5, 5.41) is 0. The highest BCUT2D eigenvalue weighted by Crippen LogP contribution is 2.24. The van der Waals surface area contributed by atoms with Crippen LogP contribution in [0.15, 0.2) is 47.4 Å². The second kappa shape index (κ2) is 9.42. The monoisotopic (exact) mass is 420 g/mol. The predicted octanol–water partition coefficient (Wildman–Crippen LogP) is 2.44. The Hall–Kier alpha value is -3.07. The van der Waals surface area contributed by atoms with Gasteiger partial charge in [-0.2, -0.15) is 0 Å². The lowest BCUT2D eigenvalue weighted by Gasteiger charge is -2.14. The van der Waals surface area contributed by atoms with Gasteiger partial charge in [-0.05, 0) is 61.9 Å². The molecule has 1 amide bonds. The van der Waals surface area contributed by atoms with Crippen LogP contribution in [0.2, 0.25) is 0 Å². The van der Waals surface area contributed by atoms with Crippen LogP contribution in [0.1, 0.15) is 22.8 Å². The highest BCUT2D eigenvalue weighted by atomic mass is 32.2. The summed E-state index contributed by atoms with van der Waals surface area (Å²) in [5.74, 6) is -0.243. The molecule has 0 saturated heterocycles. The van der Waals surface area contributed by atoms with Crippen LogP contribution in [-0.4, -0.2) is 52.5 Å². The molecule has 2 aromatic rings. The zero-order chi connectivity index (χ0) is 21.6. The van der Waals surface area contributed by atoms with Crippen LogP contribution in [0.4, 0.5) is 5.69 Å². The first-order valence-electron chi connectivity index (χ1n) is 8.87. The summed E-state index contributed by atoms with van der Waals surface area (Å²) in [7, 11) is -0.589. The molecule has 29 heavy (non-hydrogen) atoms. The van der Waals surface area contributed by atoms with Gasteiger partial charge >= 0.3 is 5.97 Å². The summed E-state index contributed by atoms with van der Waals surface area (Å²) in [4.78, 5) is 24.8. The van der Waals surface area contributed by atoms with Gasteiger partial charge in [0.05, 0.1) is 17.1 Å². The minimum Gasteiger partial charge on any atom is -0.483 e. The number of amides is 1. The van der Waals surface area contributed by atoms with Gasteiger partial charge in [-0.1, -0.05) is 0 Å². The lowest BCUT2D eigenvalue weighted by Crippen LogP contribution is -2.27. The molecule has 0 fully saturated rings. The molecule has 8 nitrogen and oxygen atoms in total. The molecule has 0 aromatic heterocycles. The van der Waals surface area contributed by atoms with E-state index in [9.17, 15) is 18.0 Å². The van der Waals surface area contributed by atoms with Gasteiger partial charge in [-0.15, -0.1) is 0 Å². The van der Waals surface area contributed by atoms with Gasteiger partial charge in [0.15, 0.2) is 6.61 Å². The topological polar surface area (TPSA) is 102 Å². The number of sulfonamides is 1. The average molecular weight is 420 g/mol. The van der Waals surface area contributed by atoms with E-state index in [2.05, 4.69) is 4.72 Å². The lowest BCUT2D eigenvalue weighted by atomic mass is 10.2. The maximum atomic E-state index is 12.6. The maximum Gasteiger partial charge on any atom is 0.338 e. The van der Waals surface area contributed by atoms with Crippen LogP contribution in [0, 0.1) is 6.92 Å². The molecule has 0 atom stereocenters. The van der Waals surface area contributed by atoms with Crippen molar-refractivity contribution in [3.63, 3.8) is 0 Å². The van der Waals surface area contributed by atoms with E-state index in [4.69, 9.17) is 9.47 Å². The molecule has 2 rings (SSSR count). The second-order valence-electron chi connectivity index (χ2n) is 6.41. The second-order valence-corrected chi connectivity index (χ2v) is 8.09. The number of ether oxygens (including phenoxy) is 2. The summed E-state index contributed by atoms with van der Waals surface area (Å²) in [5.41, 5.74) is 1.23. The van der Waals surface area contributed by atoms with E-state index in [0.717, 1.165) is 0 Å². The van der Waals surface area contributed by atoms with E-state index in [-0.39, 0.29) is 24.0 Å². The summed E-state index contributed by atoms with van der Waals surface area (Å²) >= 11 is 0. The van der Waals surface area contributed by atoms with E-state index in [1.807, 2.05) is 0 Å². The third kappa shape index (κ3) is 5.95. The molecular formula is C20H24N2O6S. The SMILES string of the molecule is CCOC(=O)c1ccc(NS(=O)(=O)c2ccc(OCC(=O)N(C)C)c(C)c2)cc1. The van der Waals surface area contributed by atoms with Crippen molar-refractivity contribution in [2.45, 2.75) is 18.7 Å². The quantitative estimate of drug-likeness (QED) is 0.658. The van der Waals surface area contributed by atoms with Crippen molar-refractivity contribution < 1.29 is 27.5 Å². The number of aryl methyl sites for hydroxylation is 1. The minimum atomic E-state index is -3.84. The largest absolute Gasteiger partial charge is 0.483 e. The Labute approximate surface area is 170 Å². The first-order chi connectivity index (χ1) is 13.6. The molecule has 0 heterocycles. The van der Waals surface area contributed by atoms with Crippen LogP contribution >= 0.6 is 0 Å². The number of rotatable bonds is 8. The molecule has 0 spiro atoms. The number of hydrogen-bond acceptors (Lipinski definition) is 6. The molecule has 0 bridgehead atoms. The fourth-order valence-electron chi connectivity index (χ4n) is 2.32. The molecule has 0 aliphatic heterocycles. The minimum absolute atomic E-state index is 0.0516. The summed E-state index contributed by atoms with van der Waals surface area (Å²) < 4.78 is 38.1. The number of carbonyl (C=O) groups excluding carboxylic acids is 2. The number of benzene rings is 2. The van der Waals surface area contributed by atoms with E-state index < -0.39 is 16.0 Å². The van der Waals surface area contributed by atoms with Gasteiger partial charge < -0.3 is 14.4 Å². The van der Waals surface area contributed by atoms with Gasteiger partial charge in [0.2, 0.25) is 0 Å². The number of anilines is 1. The number of carbonyl (C=O) groups is 2. The highest BCUT2D eigenvalue weighted by molar-refractivity contribution is 7.92. The van der Waals surface area contributed by atoms with Crippen LogP contribution in [0.3, 0.4) is 0 Å². The van der Waals surface area contributed by atoms with Crippen molar-refractivity contribution in [2.24, 2.45) is 0 Å². The maximum absolute atomic E-state index is 12.6. The number of esters is 1. The number of nitrogens with one attached hydrogen (secondary N) is 1. The molecule has 0 saturated carbocycles. The predicted molar refractivity (Wildman–Crippen MR) is 109 cm³/mol. The summed E-state index contributed by atoms with van der Waals surface area (Å²) in [6.45, 7) is 3.53. The Bertz CT molecular complexity index is 985. The summed E-state index contributed by atoms with van der Waals surface area (Å²) in [6.07, 6.45) is 0. The third-order valence-electron chi connectivity index (χ3n) is 3.95. The number of hydrogen-bond donors (Lipinski definition) is 1. The Morgan fingerprint density at radius 3 is 2.28 bits per heavy atom. The van der Waals surface area contributed by atoms with Gasteiger partial charge in [-0.3, -0.25) is 9.52 Å². The Kier molecular flexibility index (Phi) is 7.22. The molecular weight excluding hydrogens is 396 g/mol. The Balaban J connectivity index is 2.12. The number of likely N-dealkylation sites (N-methyl/N-ethyl adjacent to an activating group) is 1. The van der Waals surface area contributed by atoms with Crippen LogP contribution in [0.5, 0.6) is 5.75 Å². The first kappa shape index (κ1) is 22.2. The van der Waals surface area contributed by atoms with Crippen LogP contribution < -0.4 is 9.46 Å². The normalized spacial score (nSPS) is 10.9. The highest BCUT2D eigenvalue weighted by Gasteiger charge is 2.17. The number of nitrogens with zero attached hydrogens (tertiary/aromatic N) is 1. The fraction of sp³-hybridized carbons (Fsp3) is 0.300. The van der Waals surface area contributed by atoms with Crippen molar-refractivity contribution in [3.8, 4) is 5.75 Å². The van der Waals surface area contributed by atoms with E-state index in [1.54, 1.807) is 27.9 Å². The van der Waals surface area contributed by atoms with Crippen molar-refractivity contribution in [3.05, 3.63) is 53.6 Å². The zero-order valence-electron chi connectivity index (χ0n) is 16.8. The smallest absolute Gasteiger partial charge is 0.338 e. The van der Waals surface area contributed by atoms with Gasteiger partial charge in [-0.25, -0.2) is 13.2 Å². The molecule has 1 N–H and O–H groups in total. The fourth-order valence-corrected chi connectivity index (χ4v) is 3.47. The van der Waals surface area contributed by atoms with E-state index >= 15 is 0 Å². The van der Waals surface area contributed by atoms with Gasteiger partial charge in [0.25, 0.3) is 15.9 Å². The molecule has 156 valence electrons. The zero-order valence-corrected chi connectivity index (χ0v) is 17.6. The molecule has 0 unspecified atom stereocenters. The third-order valence-corrected chi connectivity index (χ3v) is 5.33. The molecule has 0 radical (unpaired) electrons. The average Bonchev–Trinajstić information content (AvgIpc) is 2.67. The van der Waals surface area contributed by atoms with Gasteiger partial charge in [0.1, 0.15) is 5.75 Å². The molecule has 9 heteroatoms. The molecule has 2 aromatic carbocycles. The first-order valence-corrected chi connectivity index (χ1v) is 10.4. The molecule has 0 aliphatic carbocycles. The van der Waals surface area contributed by atoms with Crippen LogP contribution in [0.25, 0.3) is 0 Å². The van der Waals surface area contributed by atoms with E-state index in [0.29, 0.717) is 22.6 Å². The lowest BCUT2D eigenvalue weighted by molar-refractivity contribution is -0.130.